The zero-order valence-corrected chi connectivity index (χ0v) is 10.3. The molecule has 5 heteroatoms. The Kier molecular flexibility index (Phi) is 2.41. The lowest BCUT2D eigenvalue weighted by Gasteiger charge is -2.06. The van der Waals surface area contributed by atoms with Crippen LogP contribution in [0.25, 0.3) is 22.4 Å². The summed E-state index contributed by atoms with van der Waals surface area (Å²) in [6.07, 6.45) is 0. The van der Waals surface area contributed by atoms with E-state index in [1.165, 1.54) is 12.1 Å². The van der Waals surface area contributed by atoms with Crippen molar-refractivity contribution in [2.45, 2.75) is 0 Å². The van der Waals surface area contributed by atoms with Crippen molar-refractivity contribution in [2.24, 2.45) is 7.05 Å². The Hall–Kier alpha value is -2.56. The number of imidazole rings is 1. The number of phenolic OH excluding ortho intramolecular Hbond substituents is 1. The van der Waals surface area contributed by atoms with Crippen molar-refractivity contribution in [2.75, 3.05) is 5.73 Å². The maximum atomic E-state index is 13.2. The first-order valence-electron chi connectivity index (χ1n) is 5.77. The number of hydrogen-bond acceptors (Lipinski definition) is 3. The minimum Gasteiger partial charge on any atom is -0.505 e. The van der Waals surface area contributed by atoms with Crippen molar-refractivity contribution in [1.82, 2.24) is 9.55 Å². The van der Waals surface area contributed by atoms with Crippen molar-refractivity contribution < 1.29 is 9.50 Å². The molecule has 96 valence electrons. The van der Waals surface area contributed by atoms with Crippen molar-refractivity contribution in [3.8, 4) is 17.1 Å². The number of phenols is 1. The Labute approximate surface area is 108 Å². The summed E-state index contributed by atoms with van der Waals surface area (Å²) >= 11 is 0. The van der Waals surface area contributed by atoms with E-state index in [-0.39, 0.29) is 17.3 Å². The normalized spacial score (nSPS) is 11.1. The zero-order valence-electron chi connectivity index (χ0n) is 10.3. The highest BCUT2D eigenvalue weighted by atomic mass is 19.1. The van der Waals surface area contributed by atoms with Gasteiger partial charge in [0.25, 0.3) is 0 Å². The van der Waals surface area contributed by atoms with E-state index in [0.29, 0.717) is 16.9 Å². The van der Waals surface area contributed by atoms with E-state index in [1.807, 2.05) is 7.05 Å². The second-order valence-electron chi connectivity index (χ2n) is 4.37. The SMILES string of the molecule is Cn1c(-c2cccc(N)c2O)nc2cc(F)ccc21. The van der Waals surface area contributed by atoms with E-state index in [0.717, 1.165) is 5.52 Å². The standard InChI is InChI=1S/C14H12FN3O/c1-18-12-6-5-8(15)7-11(12)17-14(18)9-3-2-4-10(16)13(9)19/h2-7,19H,16H2,1H3. The van der Waals surface area contributed by atoms with Gasteiger partial charge in [-0.1, -0.05) is 6.07 Å². The topological polar surface area (TPSA) is 64.1 Å². The van der Waals surface area contributed by atoms with Crippen LogP contribution in [0.1, 0.15) is 0 Å². The average molecular weight is 257 g/mol. The van der Waals surface area contributed by atoms with Gasteiger partial charge >= 0.3 is 0 Å². The van der Waals surface area contributed by atoms with Gasteiger partial charge in [-0.3, -0.25) is 0 Å². The van der Waals surface area contributed by atoms with Crippen LogP contribution < -0.4 is 5.73 Å². The second-order valence-corrected chi connectivity index (χ2v) is 4.37. The number of aryl methyl sites for hydroxylation is 1. The molecular formula is C14H12FN3O. The summed E-state index contributed by atoms with van der Waals surface area (Å²) in [5, 5.41) is 10.0. The number of anilines is 1. The third kappa shape index (κ3) is 1.71. The number of aromatic hydroxyl groups is 1. The first-order chi connectivity index (χ1) is 9.08. The molecule has 0 saturated carbocycles. The number of para-hydroxylation sites is 1. The molecule has 4 nitrogen and oxygen atoms in total. The summed E-state index contributed by atoms with van der Waals surface area (Å²) in [4.78, 5) is 4.35. The van der Waals surface area contributed by atoms with Crippen LogP contribution in [0.3, 0.4) is 0 Å². The van der Waals surface area contributed by atoms with Gasteiger partial charge in [0.2, 0.25) is 0 Å². The summed E-state index contributed by atoms with van der Waals surface area (Å²) in [6, 6.07) is 9.48. The molecule has 0 aliphatic heterocycles. The summed E-state index contributed by atoms with van der Waals surface area (Å²) in [6.45, 7) is 0. The molecule has 0 fully saturated rings. The molecule has 0 amide bonds. The van der Waals surface area contributed by atoms with Crippen molar-refractivity contribution >= 4 is 16.7 Å². The van der Waals surface area contributed by atoms with Crippen molar-refractivity contribution in [1.29, 1.82) is 0 Å². The van der Waals surface area contributed by atoms with Gasteiger partial charge in [-0.05, 0) is 24.3 Å². The van der Waals surface area contributed by atoms with Gasteiger partial charge < -0.3 is 15.4 Å². The first kappa shape index (κ1) is 11.5. The molecule has 0 unspecified atom stereocenters. The molecule has 0 radical (unpaired) electrons. The largest absolute Gasteiger partial charge is 0.505 e. The van der Waals surface area contributed by atoms with Gasteiger partial charge in [-0.2, -0.15) is 0 Å². The summed E-state index contributed by atoms with van der Waals surface area (Å²) in [5.74, 6) is 0.195. The van der Waals surface area contributed by atoms with Crippen LogP contribution in [0.15, 0.2) is 36.4 Å². The molecule has 0 spiro atoms. The monoisotopic (exact) mass is 257 g/mol. The molecule has 3 rings (SSSR count). The number of nitrogen functional groups attached to an aromatic ring is 1. The van der Waals surface area contributed by atoms with Crippen LogP contribution in [-0.2, 0) is 7.05 Å². The molecular weight excluding hydrogens is 245 g/mol. The van der Waals surface area contributed by atoms with Crippen LogP contribution in [-0.4, -0.2) is 14.7 Å². The highest BCUT2D eigenvalue weighted by Gasteiger charge is 2.14. The van der Waals surface area contributed by atoms with Gasteiger partial charge in [-0.25, -0.2) is 9.37 Å². The lowest BCUT2D eigenvalue weighted by atomic mass is 10.1. The van der Waals surface area contributed by atoms with E-state index in [2.05, 4.69) is 4.98 Å². The van der Waals surface area contributed by atoms with E-state index in [1.54, 1.807) is 28.8 Å². The van der Waals surface area contributed by atoms with E-state index in [9.17, 15) is 9.50 Å². The number of hydrogen-bond donors (Lipinski definition) is 2. The number of aromatic nitrogens is 2. The molecule has 19 heavy (non-hydrogen) atoms. The fraction of sp³-hybridized carbons (Fsp3) is 0.0714. The lowest BCUT2D eigenvalue weighted by Crippen LogP contribution is -1.94. The highest BCUT2D eigenvalue weighted by Crippen LogP contribution is 2.34. The number of nitrogens with zero attached hydrogens (tertiary/aromatic N) is 2. The summed E-state index contributed by atoms with van der Waals surface area (Å²) in [7, 11) is 1.81. The minimum absolute atomic E-state index is 0.0126. The zero-order chi connectivity index (χ0) is 13.6. The lowest BCUT2D eigenvalue weighted by molar-refractivity contribution is 0.479. The molecule has 0 atom stereocenters. The molecule has 0 aliphatic rings. The smallest absolute Gasteiger partial charge is 0.149 e. The Morgan fingerprint density at radius 3 is 2.84 bits per heavy atom. The van der Waals surface area contributed by atoms with E-state index in [4.69, 9.17) is 5.73 Å². The van der Waals surface area contributed by atoms with E-state index < -0.39 is 0 Å². The van der Waals surface area contributed by atoms with Crippen molar-refractivity contribution in [3.63, 3.8) is 0 Å². The Morgan fingerprint density at radius 1 is 1.26 bits per heavy atom. The van der Waals surface area contributed by atoms with Gasteiger partial charge in [0.05, 0.1) is 22.3 Å². The number of rotatable bonds is 1. The number of fused-ring (bicyclic) bond motifs is 1. The second kappa shape index (κ2) is 3.98. The summed E-state index contributed by atoms with van der Waals surface area (Å²) < 4.78 is 15.0. The van der Waals surface area contributed by atoms with E-state index >= 15 is 0 Å². The molecule has 0 bridgehead atoms. The maximum Gasteiger partial charge on any atom is 0.149 e. The maximum absolute atomic E-state index is 13.2. The minimum atomic E-state index is -0.339. The number of benzene rings is 2. The first-order valence-corrected chi connectivity index (χ1v) is 5.77. The van der Waals surface area contributed by atoms with Crippen LogP contribution in [0.4, 0.5) is 10.1 Å². The average Bonchev–Trinajstić information content (AvgIpc) is 2.69. The Bertz CT molecular complexity index is 780. The molecule has 1 aromatic heterocycles. The predicted octanol–water partition coefficient (Wildman–Crippen LogP) is 2.67. The van der Waals surface area contributed by atoms with Crippen molar-refractivity contribution in [3.05, 3.63) is 42.2 Å². The molecule has 0 saturated heterocycles. The van der Waals surface area contributed by atoms with Crippen LogP contribution in [0, 0.1) is 5.82 Å². The molecule has 3 aromatic rings. The Morgan fingerprint density at radius 2 is 2.05 bits per heavy atom. The highest BCUT2D eigenvalue weighted by molar-refractivity contribution is 5.83. The fourth-order valence-corrected chi connectivity index (χ4v) is 2.16. The summed E-state index contributed by atoms with van der Waals surface area (Å²) in [5.41, 5.74) is 7.83. The van der Waals surface area contributed by atoms with Gasteiger partial charge in [0.1, 0.15) is 17.4 Å². The van der Waals surface area contributed by atoms with Crippen LogP contribution >= 0.6 is 0 Å². The van der Waals surface area contributed by atoms with Crippen LogP contribution in [0.5, 0.6) is 5.75 Å². The van der Waals surface area contributed by atoms with Gasteiger partial charge in [-0.15, -0.1) is 0 Å². The number of nitrogens with two attached hydrogens (primary N) is 1. The predicted molar refractivity (Wildman–Crippen MR) is 72.2 cm³/mol. The fourth-order valence-electron chi connectivity index (χ4n) is 2.16. The quantitative estimate of drug-likeness (QED) is 0.520. The molecule has 0 aliphatic carbocycles. The molecule has 3 N–H and O–H groups in total. The van der Waals surface area contributed by atoms with Crippen LogP contribution in [0.2, 0.25) is 0 Å². The molecule has 1 heterocycles. The van der Waals surface area contributed by atoms with Gasteiger partial charge in [0, 0.05) is 13.1 Å². The number of halogens is 1. The third-order valence-electron chi connectivity index (χ3n) is 3.15. The van der Waals surface area contributed by atoms with Gasteiger partial charge in [0.15, 0.2) is 0 Å². The molecule has 2 aromatic carbocycles. The Balaban J connectivity index is 2.31. The third-order valence-corrected chi connectivity index (χ3v) is 3.15.